The number of nitrogens with zero attached hydrogens (tertiary/aromatic N) is 1. The van der Waals surface area contributed by atoms with Gasteiger partial charge in [0, 0.05) is 32.2 Å². The number of rotatable bonds is 5. The van der Waals surface area contributed by atoms with Crippen molar-refractivity contribution in [2.75, 3.05) is 39.3 Å². The van der Waals surface area contributed by atoms with E-state index in [1.807, 2.05) is 0 Å². The van der Waals surface area contributed by atoms with Gasteiger partial charge in [-0.05, 0) is 19.4 Å². The Morgan fingerprint density at radius 2 is 2.38 bits per heavy atom. The number of nitrogens with two attached hydrogens (primary N) is 1. The Bertz CT molecular complexity index is 130. The number of aliphatic hydroxyl groups excluding tert-OH is 1. The Kier molecular flexibility index (Phi) is 5.31. The van der Waals surface area contributed by atoms with Gasteiger partial charge in [0.2, 0.25) is 0 Å². The third kappa shape index (κ3) is 4.04. The van der Waals surface area contributed by atoms with E-state index in [2.05, 4.69) is 10.2 Å². The van der Waals surface area contributed by atoms with E-state index >= 15 is 0 Å². The van der Waals surface area contributed by atoms with Crippen molar-refractivity contribution in [1.82, 2.24) is 10.2 Å². The van der Waals surface area contributed by atoms with Gasteiger partial charge in [0.1, 0.15) is 0 Å². The fourth-order valence-electron chi connectivity index (χ4n) is 1.80. The summed E-state index contributed by atoms with van der Waals surface area (Å²) in [5, 5.41) is 12.3. The number of β-amino-alcohol motifs (C(OH)–C–C–N with tert-alkyl or cyclic N) is 1. The number of hydrogen-bond donors (Lipinski definition) is 3. The summed E-state index contributed by atoms with van der Waals surface area (Å²) in [5.41, 5.74) is 5.46. The third-order valence-electron chi connectivity index (χ3n) is 2.51. The maximum absolute atomic E-state index is 8.80. The van der Waals surface area contributed by atoms with Crippen LogP contribution in [0.1, 0.15) is 12.8 Å². The Morgan fingerprint density at radius 3 is 3.08 bits per heavy atom. The molecule has 1 aliphatic rings. The second-order valence-corrected chi connectivity index (χ2v) is 3.61. The Hall–Kier alpha value is -0.160. The number of aliphatic hydroxyl groups is 1. The second kappa shape index (κ2) is 6.32. The zero-order valence-electron chi connectivity index (χ0n) is 8.21. The van der Waals surface area contributed by atoms with Crippen LogP contribution in [0.3, 0.4) is 0 Å². The van der Waals surface area contributed by atoms with Crippen LogP contribution in [0.15, 0.2) is 0 Å². The molecule has 0 spiro atoms. The molecule has 0 saturated carbocycles. The van der Waals surface area contributed by atoms with Crippen LogP contribution in [0.25, 0.3) is 0 Å². The molecule has 0 aliphatic carbocycles. The van der Waals surface area contributed by atoms with E-state index < -0.39 is 0 Å². The highest BCUT2D eigenvalue weighted by Crippen LogP contribution is 2.03. The predicted molar refractivity (Wildman–Crippen MR) is 53.6 cm³/mol. The largest absolute Gasteiger partial charge is 0.395 e. The summed E-state index contributed by atoms with van der Waals surface area (Å²) in [6, 6.07) is 0.573. The summed E-state index contributed by atoms with van der Waals surface area (Å²) < 4.78 is 0. The molecule has 1 fully saturated rings. The fraction of sp³-hybridized carbons (Fsp3) is 1.00. The van der Waals surface area contributed by atoms with Crippen LogP contribution < -0.4 is 11.1 Å². The first-order valence-electron chi connectivity index (χ1n) is 5.13. The van der Waals surface area contributed by atoms with Gasteiger partial charge in [0.15, 0.2) is 0 Å². The maximum atomic E-state index is 8.80. The van der Waals surface area contributed by atoms with E-state index in [0.717, 1.165) is 45.6 Å². The SMILES string of the molecule is NCCCC1CN(CCO)CCN1. The van der Waals surface area contributed by atoms with Crippen molar-refractivity contribution >= 4 is 0 Å². The van der Waals surface area contributed by atoms with Gasteiger partial charge in [-0.1, -0.05) is 0 Å². The minimum Gasteiger partial charge on any atom is -0.395 e. The van der Waals surface area contributed by atoms with Crippen molar-refractivity contribution in [1.29, 1.82) is 0 Å². The lowest BCUT2D eigenvalue weighted by atomic mass is 10.1. The van der Waals surface area contributed by atoms with Crippen molar-refractivity contribution in [2.24, 2.45) is 5.73 Å². The molecule has 0 radical (unpaired) electrons. The van der Waals surface area contributed by atoms with Crippen molar-refractivity contribution < 1.29 is 5.11 Å². The van der Waals surface area contributed by atoms with Gasteiger partial charge in [0.25, 0.3) is 0 Å². The van der Waals surface area contributed by atoms with Crippen LogP contribution in [0, 0.1) is 0 Å². The Balaban J connectivity index is 2.16. The van der Waals surface area contributed by atoms with Gasteiger partial charge in [-0.2, -0.15) is 0 Å². The molecule has 0 aromatic rings. The molecule has 1 aliphatic heterocycles. The topological polar surface area (TPSA) is 61.5 Å². The summed E-state index contributed by atoms with van der Waals surface area (Å²) in [6.07, 6.45) is 2.24. The molecule has 0 bridgehead atoms. The first kappa shape index (κ1) is 10.9. The minimum absolute atomic E-state index is 0.267. The van der Waals surface area contributed by atoms with Crippen molar-refractivity contribution in [3.63, 3.8) is 0 Å². The zero-order chi connectivity index (χ0) is 9.52. The molecule has 0 amide bonds. The fourth-order valence-corrected chi connectivity index (χ4v) is 1.80. The molecule has 1 heterocycles. The standard InChI is InChI=1S/C9H21N3O/c10-3-1-2-9-8-12(6-7-13)5-4-11-9/h9,11,13H,1-8,10H2. The van der Waals surface area contributed by atoms with Crippen molar-refractivity contribution in [2.45, 2.75) is 18.9 Å². The minimum atomic E-state index is 0.267. The molecule has 13 heavy (non-hydrogen) atoms. The highest BCUT2D eigenvalue weighted by atomic mass is 16.3. The average molecular weight is 187 g/mol. The normalized spacial score (nSPS) is 24.9. The van der Waals surface area contributed by atoms with Crippen LogP contribution in [0.5, 0.6) is 0 Å². The average Bonchev–Trinajstić information content (AvgIpc) is 2.16. The molecule has 0 aromatic heterocycles. The van der Waals surface area contributed by atoms with Crippen LogP contribution in [-0.2, 0) is 0 Å². The van der Waals surface area contributed by atoms with Crippen LogP contribution in [0.4, 0.5) is 0 Å². The molecule has 1 atom stereocenters. The quantitative estimate of drug-likeness (QED) is 0.516. The summed E-state index contributed by atoms with van der Waals surface area (Å²) >= 11 is 0. The number of nitrogens with one attached hydrogen (secondary N) is 1. The molecule has 78 valence electrons. The van der Waals surface area contributed by atoms with E-state index in [1.54, 1.807) is 0 Å². The molecular weight excluding hydrogens is 166 g/mol. The van der Waals surface area contributed by atoms with Gasteiger partial charge in [0.05, 0.1) is 6.61 Å². The van der Waals surface area contributed by atoms with Gasteiger partial charge < -0.3 is 16.2 Å². The van der Waals surface area contributed by atoms with Gasteiger partial charge >= 0.3 is 0 Å². The van der Waals surface area contributed by atoms with E-state index in [0.29, 0.717) is 6.04 Å². The molecule has 4 N–H and O–H groups in total. The molecule has 1 unspecified atom stereocenters. The van der Waals surface area contributed by atoms with E-state index in [-0.39, 0.29) is 6.61 Å². The van der Waals surface area contributed by atoms with E-state index in [1.165, 1.54) is 0 Å². The lowest BCUT2D eigenvalue weighted by molar-refractivity contribution is 0.154. The number of hydrogen-bond acceptors (Lipinski definition) is 4. The van der Waals surface area contributed by atoms with Gasteiger partial charge in [-0.3, -0.25) is 4.90 Å². The lowest BCUT2D eigenvalue weighted by Gasteiger charge is -2.33. The summed E-state index contributed by atoms with van der Waals surface area (Å²) in [4.78, 5) is 2.30. The van der Waals surface area contributed by atoms with Gasteiger partial charge in [-0.25, -0.2) is 0 Å². The predicted octanol–water partition coefficient (Wildman–Crippen LogP) is -1.01. The van der Waals surface area contributed by atoms with Crippen molar-refractivity contribution in [3.8, 4) is 0 Å². The van der Waals surface area contributed by atoms with E-state index in [4.69, 9.17) is 10.8 Å². The third-order valence-corrected chi connectivity index (χ3v) is 2.51. The monoisotopic (exact) mass is 187 g/mol. The van der Waals surface area contributed by atoms with Crippen molar-refractivity contribution in [3.05, 3.63) is 0 Å². The summed E-state index contributed by atoms with van der Waals surface area (Å²) in [7, 11) is 0. The smallest absolute Gasteiger partial charge is 0.0558 e. The lowest BCUT2D eigenvalue weighted by Crippen LogP contribution is -2.51. The first-order valence-corrected chi connectivity index (χ1v) is 5.13. The van der Waals surface area contributed by atoms with E-state index in [9.17, 15) is 0 Å². The Labute approximate surface area is 80.1 Å². The molecule has 0 aromatic carbocycles. The first-order chi connectivity index (χ1) is 6.36. The number of piperazine rings is 1. The van der Waals surface area contributed by atoms with Crippen LogP contribution >= 0.6 is 0 Å². The highest BCUT2D eigenvalue weighted by Gasteiger charge is 2.17. The Morgan fingerprint density at radius 1 is 1.54 bits per heavy atom. The highest BCUT2D eigenvalue weighted by molar-refractivity contribution is 4.78. The molecule has 4 nitrogen and oxygen atoms in total. The molecule has 4 heteroatoms. The van der Waals surface area contributed by atoms with Crippen LogP contribution in [-0.4, -0.2) is 55.4 Å². The zero-order valence-corrected chi connectivity index (χ0v) is 8.21. The van der Waals surface area contributed by atoms with Crippen LogP contribution in [0.2, 0.25) is 0 Å². The molecule has 1 saturated heterocycles. The molecular formula is C9H21N3O. The maximum Gasteiger partial charge on any atom is 0.0558 e. The second-order valence-electron chi connectivity index (χ2n) is 3.61. The summed E-state index contributed by atoms with van der Waals surface area (Å²) in [6.45, 7) is 5.00. The summed E-state index contributed by atoms with van der Waals surface area (Å²) in [5.74, 6) is 0. The van der Waals surface area contributed by atoms with Gasteiger partial charge in [-0.15, -0.1) is 0 Å². The molecule has 1 rings (SSSR count).